The van der Waals surface area contributed by atoms with E-state index in [-0.39, 0.29) is 18.7 Å². The Morgan fingerprint density at radius 2 is 2.10 bits per heavy atom. The highest BCUT2D eigenvalue weighted by molar-refractivity contribution is 7.20. The molecule has 0 bridgehead atoms. The van der Waals surface area contributed by atoms with Gasteiger partial charge in [0.15, 0.2) is 5.82 Å². The van der Waals surface area contributed by atoms with Crippen LogP contribution in [0.25, 0.3) is 21.1 Å². The molecular weight excluding hydrogens is 546 g/mol. The van der Waals surface area contributed by atoms with Gasteiger partial charge in [-0.05, 0) is 55.5 Å². The normalized spacial score (nSPS) is 16.5. The van der Waals surface area contributed by atoms with Crippen molar-refractivity contribution in [1.82, 2.24) is 25.2 Å². The van der Waals surface area contributed by atoms with Crippen molar-refractivity contribution in [2.45, 2.75) is 32.0 Å². The van der Waals surface area contributed by atoms with Crippen LogP contribution in [0.4, 0.5) is 25.1 Å². The summed E-state index contributed by atoms with van der Waals surface area (Å²) in [4.78, 5) is 21.4. The highest BCUT2D eigenvalue weighted by Crippen LogP contribution is 2.32. The number of hydrogen-bond acceptors (Lipinski definition) is 7. The highest BCUT2D eigenvalue weighted by atomic mass is 32.1. The van der Waals surface area contributed by atoms with E-state index in [0.717, 1.165) is 43.8 Å². The number of benzene rings is 2. The van der Waals surface area contributed by atoms with Crippen molar-refractivity contribution in [3.8, 4) is 11.8 Å². The van der Waals surface area contributed by atoms with Gasteiger partial charge in [-0.15, -0.1) is 11.3 Å². The monoisotopic (exact) mass is 572 g/mol. The standard InChI is InChI=1S/C30H26F2N6O2S/c1-2-33-30(39)40-23-13-21(34-15-23)4-6-24-14-26-28(41-24)29(36-17-35-26)37-22-5-8-27-18(12-22)9-10-38(27)16-19-11-20(31)3-7-25(19)32/h3,5,7-12,14,17,21,23,34H,2,13,15-16H2,1H3,(H,33,39)(H,35,36,37)/t21-,23-/m0/s1. The van der Waals surface area contributed by atoms with Crippen LogP contribution in [0.2, 0.25) is 0 Å². The average Bonchev–Trinajstić information content (AvgIpc) is 3.68. The predicted octanol–water partition coefficient (Wildman–Crippen LogP) is 5.54. The molecule has 3 aromatic heterocycles. The zero-order valence-corrected chi connectivity index (χ0v) is 22.9. The second-order valence-corrected chi connectivity index (χ2v) is 10.7. The van der Waals surface area contributed by atoms with Crippen LogP contribution in [0, 0.1) is 23.5 Å². The van der Waals surface area contributed by atoms with E-state index in [2.05, 4.69) is 37.8 Å². The molecule has 0 unspecified atom stereocenters. The SMILES string of the molecule is CCNC(=O)O[C@@H]1CN[C@@H](C#Cc2cc3ncnc(Nc4ccc5c(ccn5Cc5cc(F)ccc5F)c4)c3s2)C1. The summed E-state index contributed by atoms with van der Waals surface area (Å²) >= 11 is 1.50. The number of anilines is 2. The van der Waals surface area contributed by atoms with Crippen molar-refractivity contribution >= 4 is 50.1 Å². The molecule has 1 aliphatic rings. The van der Waals surface area contributed by atoms with Crippen LogP contribution in [0.1, 0.15) is 23.8 Å². The maximum absolute atomic E-state index is 14.2. The topological polar surface area (TPSA) is 93.1 Å². The van der Waals surface area contributed by atoms with E-state index in [1.54, 1.807) is 0 Å². The zero-order chi connectivity index (χ0) is 28.3. The number of aromatic nitrogens is 3. The minimum absolute atomic E-state index is 0.0697. The lowest BCUT2D eigenvalue weighted by molar-refractivity contribution is 0.107. The molecule has 2 aromatic carbocycles. The molecule has 1 amide bonds. The largest absolute Gasteiger partial charge is 0.445 e. The molecule has 2 atom stereocenters. The molecule has 0 aliphatic carbocycles. The van der Waals surface area contributed by atoms with Crippen LogP contribution in [0.3, 0.4) is 0 Å². The van der Waals surface area contributed by atoms with Gasteiger partial charge in [0.05, 0.1) is 27.7 Å². The summed E-state index contributed by atoms with van der Waals surface area (Å²) in [5, 5.41) is 10.3. The quantitative estimate of drug-likeness (QED) is 0.231. The van der Waals surface area contributed by atoms with E-state index in [1.807, 2.05) is 48.0 Å². The number of nitrogens with one attached hydrogen (secondary N) is 3. The maximum atomic E-state index is 14.2. The number of fused-ring (bicyclic) bond motifs is 2. The van der Waals surface area contributed by atoms with Crippen LogP contribution in [-0.2, 0) is 11.3 Å². The van der Waals surface area contributed by atoms with Gasteiger partial charge in [-0.2, -0.15) is 0 Å². The Bertz CT molecular complexity index is 1810. The number of thiophene rings is 1. The van der Waals surface area contributed by atoms with Crippen LogP contribution in [0.15, 0.2) is 61.1 Å². The Kier molecular flexibility index (Phi) is 7.50. The Hall–Kier alpha value is -4.53. The molecule has 8 nitrogen and oxygen atoms in total. The average molecular weight is 573 g/mol. The molecule has 11 heteroatoms. The highest BCUT2D eigenvalue weighted by Gasteiger charge is 2.25. The van der Waals surface area contributed by atoms with Gasteiger partial charge in [-0.25, -0.2) is 23.5 Å². The smallest absolute Gasteiger partial charge is 0.407 e. The third-order valence-electron chi connectivity index (χ3n) is 6.75. The van der Waals surface area contributed by atoms with Crippen LogP contribution in [-0.4, -0.2) is 45.9 Å². The Labute approximate surface area is 238 Å². The molecule has 0 saturated carbocycles. The van der Waals surface area contributed by atoms with Crippen molar-refractivity contribution in [3.63, 3.8) is 0 Å². The maximum Gasteiger partial charge on any atom is 0.407 e. The van der Waals surface area contributed by atoms with Crippen molar-refractivity contribution in [1.29, 1.82) is 0 Å². The molecule has 1 aliphatic heterocycles. The minimum atomic E-state index is -0.463. The lowest BCUT2D eigenvalue weighted by atomic mass is 10.2. The Morgan fingerprint density at radius 1 is 1.20 bits per heavy atom. The summed E-state index contributed by atoms with van der Waals surface area (Å²) in [7, 11) is 0. The fourth-order valence-electron chi connectivity index (χ4n) is 4.80. The van der Waals surface area contributed by atoms with E-state index in [1.165, 1.54) is 23.7 Å². The lowest BCUT2D eigenvalue weighted by Crippen LogP contribution is -2.29. The summed E-state index contributed by atoms with van der Waals surface area (Å²) in [5.41, 5.74) is 2.82. The number of alkyl carbamates (subject to hydrolysis) is 1. The van der Waals surface area contributed by atoms with E-state index in [4.69, 9.17) is 4.74 Å². The number of halogens is 2. The first-order valence-electron chi connectivity index (χ1n) is 13.2. The van der Waals surface area contributed by atoms with E-state index >= 15 is 0 Å². The summed E-state index contributed by atoms with van der Waals surface area (Å²) in [6, 6.07) is 13.1. The third-order valence-corrected chi connectivity index (χ3v) is 7.79. The van der Waals surface area contributed by atoms with Crippen molar-refractivity contribution in [2.75, 3.05) is 18.4 Å². The molecule has 5 aromatic rings. The molecule has 0 spiro atoms. The number of amides is 1. The van der Waals surface area contributed by atoms with Gasteiger partial charge in [0.25, 0.3) is 0 Å². The molecule has 0 radical (unpaired) electrons. The number of carbonyl (C=O) groups excluding carboxylic acids is 1. The number of nitrogens with zero attached hydrogens (tertiary/aromatic N) is 3. The fourth-order valence-corrected chi connectivity index (χ4v) is 5.72. The van der Waals surface area contributed by atoms with Crippen LogP contribution >= 0.6 is 11.3 Å². The fraction of sp³-hybridized carbons (Fsp3) is 0.233. The second kappa shape index (κ2) is 11.5. The lowest BCUT2D eigenvalue weighted by Gasteiger charge is -2.10. The number of rotatable bonds is 6. The summed E-state index contributed by atoms with van der Waals surface area (Å²) < 4.78 is 36.0. The van der Waals surface area contributed by atoms with E-state index < -0.39 is 17.7 Å². The first kappa shape index (κ1) is 26.7. The summed E-state index contributed by atoms with van der Waals surface area (Å²) in [6.45, 7) is 3.16. The molecule has 4 heterocycles. The summed E-state index contributed by atoms with van der Waals surface area (Å²) in [6.07, 6.45) is 3.38. The molecule has 208 valence electrons. The minimum Gasteiger partial charge on any atom is -0.445 e. The molecular formula is C30H26F2N6O2S. The van der Waals surface area contributed by atoms with Gasteiger partial charge in [0, 0.05) is 47.9 Å². The van der Waals surface area contributed by atoms with Gasteiger partial charge in [-0.1, -0.05) is 11.8 Å². The van der Waals surface area contributed by atoms with Crippen molar-refractivity contribution in [3.05, 3.63) is 83.1 Å². The molecule has 3 N–H and O–H groups in total. The number of hydrogen-bond donors (Lipinski definition) is 3. The molecule has 1 saturated heterocycles. The van der Waals surface area contributed by atoms with E-state index in [9.17, 15) is 13.6 Å². The van der Waals surface area contributed by atoms with Crippen molar-refractivity contribution in [2.24, 2.45) is 0 Å². The van der Waals surface area contributed by atoms with Crippen LogP contribution in [0.5, 0.6) is 0 Å². The van der Waals surface area contributed by atoms with E-state index in [0.29, 0.717) is 30.9 Å². The van der Waals surface area contributed by atoms with Gasteiger partial charge >= 0.3 is 6.09 Å². The number of ether oxygens (including phenoxy) is 1. The zero-order valence-electron chi connectivity index (χ0n) is 22.1. The third kappa shape index (κ3) is 5.99. The number of carbonyl (C=O) groups is 1. The van der Waals surface area contributed by atoms with Crippen molar-refractivity contribution < 1.29 is 18.3 Å². The van der Waals surface area contributed by atoms with Gasteiger partial charge < -0.3 is 19.9 Å². The van der Waals surface area contributed by atoms with Gasteiger partial charge in [-0.3, -0.25) is 5.32 Å². The van der Waals surface area contributed by atoms with Gasteiger partial charge in [0.1, 0.15) is 24.1 Å². The summed E-state index contributed by atoms with van der Waals surface area (Å²) in [5.74, 6) is 6.22. The predicted molar refractivity (Wildman–Crippen MR) is 155 cm³/mol. The molecule has 1 fully saturated rings. The van der Waals surface area contributed by atoms with Gasteiger partial charge in [0.2, 0.25) is 0 Å². The molecule has 41 heavy (non-hydrogen) atoms. The first-order valence-corrected chi connectivity index (χ1v) is 14.0. The van der Waals surface area contributed by atoms with Crippen LogP contribution < -0.4 is 16.0 Å². The Balaban J connectivity index is 1.16. The first-order chi connectivity index (χ1) is 19.9. The molecule has 6 rings (SSSR count). The Morgan fingerprint density at radius 3 is 2.98 bits per heavy atom. The second-order valence-electron chi connectivity index (χ2n) is 9.65.